The minimum atomic E-state index is -1.48. The van der Waals surface area contributed by atoms with Crippen molar-refractivity contribution < 1.29 is 29.7 Å². The van der Waals surface area contributed by atoms with Gasteiger partial charge in [0.05, 0.1) is 13.0 Å². The van der Waals surface area contributed by atoms with E-state index in [1.54, 1.807) is 0 Å². The number of hydrogen-bond donors (Lipinski definition) is 4. The van der Waals surface area contributed by atoms with Crippen LogP contribution < -0.4 is 5.32 Å². The third-order valence-corrected chi connectivity index (χ3v) is 2.41. The van der Waals surface area contributed by atoms with Crippen molar-refractivity contribution in [2.75, 3.05) is 19.7 Å². The van der Waals surface area contributed by atoms with Crippen molar-refractivity contribution in [3.05, 3.63) is 0 Å². The lowest BCUT2D eigenvalue weighted by Crippen LogP contribution is -2.49. The van der Waals surface area contributed by atoms with Crippen LogP contribution in [0.5, 0.6) is 0 Å². The highest BCUT2D eigenvalue weighted by molar-refractivity contribution is 5.86. The lowest BCUT2D eigenvalue weighted by Gasteiger charge is -2.23. The molecule has 0 aromatic carbocycles. The van der Waals surface area contributed by atoms with Crippen LogP contribution in [0.1, 0.15) is 26.2 Å². The summed E-state index contributed by atoms with van der Waals surface area (Å²) in [6.07, 6.45) is 0.860. The molecular formula is C11H20N2O6. The van der Waals surface area contributed by atoms with Gasteiger partial charge in [0.1, 0.15) is 6.04 Å². The highest BCUT2D eigenvalue weighted by atomic mass is 16.4. The number of nitrogens with zero attached hydrogens (tertiary/aromatic N) is 1. The number of aliphatic hydroxyl groups is 1. The van der Waals surface area contributed by atoms with Gasteiger partial charge < -0.3 is 25.5 Å². The van der Waals surface area contributed by atoms with Gasteiger partial charge in [-0.1, -0.05) is 13.3 Å². The summed E-state index contributed by atoms with van der Waals surface area (Å²) in [6.45, 7) is 2.14. The third kappa shape index (κ3) is 7.24. The van der Waals surface area contributed by atoms with Gasteiger partial charge in [0.2, 0.25) is 0 Å². The van der Waals surface area contributed by atoms with Crippen molar-refractivity contribution in [1.82, 2.24) is 10.2 Å². The van der Waals surface area contributed by atoms with Crippen molar-refractivity contribution >= 4 is 18.0 Å². The number of carboxylic acid groups (broad SMARTS) is 2. The molecule has 0 heterocycles. The summed E-state index contributed by atoms with van der Waals surface area (Å²) in [7, 11) is 0. The fourth-order valence-corrected chi connectivity index (χ4v) is 1.40. The average molecular weight is 276 g/mol. The Labute approximate surface area is 111 Å². The number of carboxylic acids is 2. The molecule has 0 saturated heterocycles. The smallest absolute Gasteiger partial charge is 0.326 e. The number of nitrogens with one attached hydrogen (secondary N) is 1. The van der Waals surface area contributed by atoms with Gasteiger partial charge in [-0.2, -0.15) is 0 Å². The Morgan fingerprint density at radius 2 is 1.84 bits per heavy atom. The molecule has 0 spiro atoms. The molecule has 0 radical (unpaired) electrons. The van der Waals surface area contributed by atoms with E-state index in [1.807, 2.05) is 6.92 Å². The molecule has 19 heavy (non-hydrogen) atoms. The van der Waals surface area contributed by atoms with Crippen LogP contribution in [0.3, 0.4) is 0 Å². The molecule has 0 rings (SSSR count). The lowest BCUT2D eigenvalue weighted by atomic mass is 10.2. The van der Waals surface area contributed by atoms with Crippen LogP contribution in [0.25, 0.3) is 0 Å². The van der Waals surface area contributed by atoms with Gasteiger partial charge in [-0.05, 0) is 6.42 Å². The summed E-state index contributed by atoms with van der Waals surface area (Å²) in [5, 5.41) is 28.4. The number of amides is 2. The largest absolute Gasteiger partial charge is 0.481 e. The van der Waals surface area contributed by atoms with E-state index < -0.39 is 30.4 Å². The van der Waals surface area contributed by atoms with Crippen molar-refractivity contribution in [3.63, 3.8) is 0 Å². The molecule has 0 bridgehead atoms. The minimum Gasteiger partial charge on any atom is -0.481 e. The molecule has 8 nitrogen and oxygen atoms in total. The SMILES string of the molecule is CCCCN(CCO)C(=O)N[C@@H](CC(=O)O)C(=O)O. The van der Waals surface area contributed by atoms with Gasteiger partial charge in [0.25, 0.3) is 0 Å². The zero-order valence-electron chi connectivity index (χ0n) is 10.8. The predicted molar refractivity (Wildman–Crippen MR) is 65.8 cm³/mol. The maximum Gasteiger partial charge on any atom is 0.326 e. The number of carbonyl (C=O) groups excluding carboxylic acids is 1. The summed E-state index contributed by atoms with van der Waals surface area (Å²) in [5.41, 5.74) is 0. The van der Waals surface area contributed by atoms with E-state index in [1.165, 1.54) is 4.90 Å². The highest BCUT2D eigenvalue weighted by Crippen LogP contribution is 1.99. The van der Waals surface area contributed by atoms with E-state index in [2.05, 4.69) is 5.32 Å². The fourth-order valence-electron chi connectivity index (χ4n) is 1.40. The Hall–Kier alpha value is -1.83. The lowest BCUT2D eigenvalue weighted by molar-refractivity contribution is -0.145. The molecule has 110 valence electrons. The molecule has 0 saturated carbocycles. The quantitative estimate of drug-likeness (QED) is 0.458. The van der Waals surface area contributed by atoms with E-state index >= 15 is 0 Å². The third-order valence-electron chi connectivity index (χ3n) is 2.41. The maximum atomic E-state index is 11.8. The number of aliphatic hydroxyl groups excluding tert-OH is 1. The molecule has 0 fully saturated rings. The summed E-state index contributed by atoms with van der Waals surface area (Å²) < 4.78 is 0. The molecule has 0 aromatic rings. The van der Waals surface area contributed by atoms with Gasteiger partial charge in [0, 0.05) is 13.1 Å². The Bertz CT molecular complexity index is 320. The fraction of sp³-hybridized carbons (Fsp3) is 0.727. The number of rotatable bonds is 9. The zero-order valence-corrected chi connectivity index (χ0v) is 10.8. The van der Waals surface area contributed by atoms with Crippen molar-refractivity contribution in [3.8, 4) is 0 Å². The molecule has 0 aromatic heterocycles. The van der Waals surface area contributed by atoms with Crippen molar-refractivity contribution in [2.45, 2.75) is 32.2 Å². The van der Waals surface area contributed by atoms with E-state index in [4.69, 9.17) is 15.3 Å². The predicted octanol–water partition coefficient (Wildman–Crippen LogP) is -0.282. The summed E-state index contributed by atoms with van der Waals surface area (Å²) >= 11 is 0. The molecule has 8 heteroatoms. The monoisotopic (exact) mass is 276 g/mol. The standard InChI is InChI=1S/C11H20N2O6/c1-2-3-4-13(5-6-14)11(19)12-8(10(17)18)7-9(15)16/h8,14H,2-7H2,1H3,(H,12,19)(H,15,16)(H,17,18)/t8-/m0/s1. The minimum absolute atomic E-state index is 0.0746. The normalized spacial score (nSPS) is 11.7. The number of unbranched alkanes of at least 4 members (excludes halogenated alkanes) is 1. The van der Waals surface area contributed by atoms with Gasteiger partial charge in [-0.15, -0.1) is 0 Å². The molecule has 0 aliphatic carbocycles. The summed E-state index contributed by atoms with van der Waals surface area (Å²) in [4.78, 5) is 34.4. The van der Waals surface area contributed by atoms with Crippen LogP contribution in [-0.4, -0.2) is 63.9 Å². The molecule has 4 N–H and O–H groups in total. The number of aliphatic carboxylic acids is 2. The second-order valence-electron chi connectivity index (χ2n) is 4.00. The average Bonchev–Trinajstić information content (AvgIpc) is 2.32. The molecule has 0 aliphatic heterocycles. The second kappa shape index (κ2) is 9.15. The van der Waals surface area contributed by atoms with Crippen LogP contribution in [-0.2, 0) is 9.59 Å². The molecule has 0 aliphatic rings. The van der Waals surface area contributed by atoms with Crippen molar-refractivity contribution in [1.29, 1.82) is 0 Å². The van der Waals surface area contributed by atoms with E-state index in [0.717, 1.165) is 6.42 Å². The Morgan fingerprint density at radius 3 is 2.26 bits per heavy atom. The number of urea groups is 1. The van der Waals surface area contributed by atoms with Gasteiger partial charge >= 0.3 is 18.0 Å². The van der Waals surface area contributed by atoms with Crippen LogP contribution in [0.4, 0.5) is 4.79 Å². The first-order valence-corrected chi connectivity index (χ1v) is 6.03. The maximum absolute atomic E-state index is 11.8. The van der Waals surface area contributed by atoms with Crippen molar-refractivity contribution in [2.24, 2.45) is 0 Å². The number of hydrogen-bond acceptors (Lipinski definition) is 4. The molecular weight excluding hydrogens is 256 g/mol. The van der Waals surface area contributed by atoms with E-state index in [-0.39, 0.29) is 13.2 Å². The number of carbonyl (C=O) groups is 3. The van der Waals surface area contributed by atoms with Crippen LogP contribution in [0.15, 0.2) is 0 Å². The Kier molecular flexibility index (Phi) is 8.27. The highest BCUT2D eigenvalue weighted by Gasteiger charge is 2.25. The van der Waals surface area contributed by atoms with Gasteiger partial charge in [-0.3, -0.25) is 4.79 Å². The van der Waals surface area contributed by atoms with Crippen LogP contribution >= 0.6 is 0 Å². The second-order valence-corrected chi connectivity index (χ2v) is 4.00. The van der Waals surface area contributed by atoms with E-state index in [9.17, 15) is 14.4 Å². The first-order valence-electron chi connectivity index (χ1n) is 6.03. The van der Waals surface area contributed by atoms with E-state index in [0.29, 0.717) is 13.0 Å². The molecule has 1 atom stereocenters. The summed E-state index contributed by atoms with van der Waals surface area (Å²) in [5.74, 6) is -2.72. The Morgan fingerprint density at radius 1 is 1.21 bits per heavy atom. The van der Waals surface area contributed by atoms with Crippen LogP contribution in [0.2, 0.25) is 0 Å². The van der Waals surface area contributed by atoms with Crippen LogP contribution in [0, 0.1) is 0 Å². The summed E-state index contributed by atoms with van der Waals surface area (Å²) in [6, 6.07) is -2.16. The molecule has 0 unspecified atom stereocenters. The Balaban J connectivity index is 4.55. The first-order chi connectivity index (χ1) is 8.92. The molecule has 2 amide bonds. The topological polar surface area (TPSA) is 127 Å². The first kappa shape index (κ1) is 17.2. The van der Waals surface area contributed by atoms with Gasteiger partial charge in [-0.25, -0.2) is 9.59 Å². The zero-order chi connectivity index (χ0) is 14.8. The van der Waals surface area contributed by atoms with Gasteiger partial charge in [0.15, 0.2) is 0 Å².